The molecular weight excluding hydrogens is 350 g/mol. The number of benzene rings is 1. The van der Waals surface area contributed by atoms with Crippen molar-refractivity contribution >= 4 is 18.0 Å². The van der Waals surface area contributed by atoms with Crippen LogP contribution in [0.25, 0.3) is 6.08 Å². The van der Waals surface area contributed by atoms with Gasteiger partial charge >= 0.3 is 0 Å². The number of nitrogens with one attached hydrogen (secondary N) is 2. The van der Waals surface area contributed by atoms with E-state index in [1.165, 1.54) is 44.5 Å². The molecule has 2 fully saturated rings. The molecule has 3 rings (SSSR count). The highest BCUT2D eigenvalue weighted by Crippen LogP contribution is 2.40. The molecule has 2 atom stereocenters. The number of hydrogen-bond acceptors (Lipinski definition) is 4. The number of nitrogens with zero attached hydrogens (tertiary/aromatic N) is 1. The second-order valence-corrected chi connectivity index (χ2v) is 9.74. The summed E-state index contributed by atoms with van der Waals surface area (Å²) in [6.07, 6.45) is 7.49. The molecule has 0 unspecified atom stereocenters. The second kappa shape index (κ2) is 10.7. The first-order valence-corrected chi connectivity index (χ1v) is 11.7. The van der Waals surface area contributed by atoms with Crippen molar-refractivity contribution in [1.29, 1.82) is 0 Å². The Balaban J connectivity index is 1.36. The third kappa shape index (κ3) is 6.94. The summed E-state index contributed by atoms with van der Waals surface area (Å²) in [5, 5.41) is 4.62. The Labute approximate surface area is 170 Å². The van der Waals surface area contributed by atoms with E-state index in [4.69, 9.17) is 0 Å². The number of rotatable bonds is 10. The summed E-state index contributed by atoms with van der Waals surface area (Å²) < 4.78 is 3.48. The van der Waals surface area contributed by atoms with E-state index in [-0.39, 0.29) is 0 Å². The lowest BCUT2D eigenvalue weighted by molar-refractivity contribution is 0.200. The van der Waals surface area contributed by atoms with Gasteiger partial charge in [0.15, 0.2) is 0 Å². The molecule has 150 valence electrons. The highest BCUT2D eigenvalue weighted by molar-refractivity contribution is 7.97. The maximum Gasteiger partial charge on any atom is 0.0187 e. The van der Waals surface area contributed by atoms with Crippen molar-refractivity contribution in [3.8, 4) is 0 Å². The van der Waals surface area contributed by atoms with Crippen LogP contribution in [0.3, 0.4) is 0 Å². The third-order valence-corrected chi connectivity index (χ3v) is 6.56. The SMILES string of the molecule is CC/C(=C\c1ccccc1)[C@H]1C[C@@H]1NC1CCN(CCNSC(C)C)CC1. The van der Waals surface area contributed by atoms with Crippen LogP contribution in [-0.2, 0) is 0 Å². The van der Waals surface area contributed by atoms with Gasteiger partial charge in [0, 0.05) is 30.4 Å². The lowest BCUT2D eigenvalue weighted by atomic mass is 10.0. The quantitative estimate of drug-likeness (QED) is 0.454. The van der Waals surface area contributed by atoms with Gasteiger partial charge in [-0.05, 0) is 50.3 Å². The first-order valence-electron chi connectivity index (χ1n) is 10.8. The molecule has 27 heavy (non-hydrogen) atoms. The lowest BCUT2D eigenvalue weighted by Gasteiger charge is -2.32. The zero-order chi connectivity index (χ0) is 19.1. The van der Waals surface area contributed by atoms with E-state index in [0.717, 1.165) is 18.9 Å². The lowest BCUT2D eigenvalue weighted by Crippen LogP contribution is -2.45. The van der Waals surface area contributed by atoms with Gasteiger partial charge < -0.3 is 10.2 Å². The first-order chi connectivity index (χ1) is 13.2. The minimum absolute atomic E-state index is 0.662. The smallest absolute Gasteiger partial charge is 0.0187 e. The maximum atomic E-state index is 3.96. The molecule has 1 aliphatic carbocycles. The van der Waals surface area contributed by atoms with Crippen LogP contribution in [0.1, 0.15) is 52.0 Å². The maximum absolute atomic E-state index is 3.96. The summed E-state index contributed by atoms with van der Waals surface area (Å²) in [5.41, 5.74) is 2.96. The van der Waals surface area contributed by atoms with Gasteiger partial charge in [-0.2, -0.15) is 0 Å². The van der Waals surface area contributed by atoms with Gasteiger partial charge in [0.25, 0.3) is 0 Å². The monoisotopic (exact) mass is 387 g/mol. The molecule has 0 spiro atoms. The van der Waals surface area contributed by atoms with E-state index in [1.54, 1.807) is 5.57 Å². The molecule has 4 heteroatoms. The van der Waals surface area contributed by atoms with Crippen molar-refractivity contribution in [3.63, 3.8) is 0 Å². The molecule has 1 saturated carbocycles. The van der Waals surface area contributed by atoms with E-state index < -0.39 is 0 Å². The molecular formula is C23H37N3S. The average Bonchev–Trinajstić information content (AvgIpc) is 3.44. The largest absolute Gasteiger partial charge is 0.311 e. The Morgan fingerprint density at radius 1 is 1.22 bits per heavy atom. The molecule has 1 aromatic rings. The van der Waals surface area contributed by atoms with Crippen molar-refractivity contribution < 1.29 is 0 Å². The molecule has 0 amide bonds. The minimum atomic E-state index is 0.662. The van der Waals surface area contributed by atoms with E-state index in [9.17, 15) is 0 Å². The number of piperidine rings is 1. The highest BCUT2D eigenvalue weighted by atomic mass is 32.2. The van der Waals surface area contributed by atoms with Gasteiger partial charge in [-0.1, -0.05) is 74.7 Å². The van der Waals surface area contributed by atoms with Crippen molar-refractivity contribution in [1.82, 2.24) is 14.9 Å². The Morgan fingerprint density at radius 2 is 1.96 bits per heavy atom. The van der Waals surface area contributed by atoms with Crippen molar-refractivity contribution in [2.75, 3.05) is 26.2 Å². The Bertz CT molecular complexity index is 579. The number of likely N-dealkylation sites (tertiary alicyclic amines) is 1. The van der Waals surface area contributed by atoms with E-state index in [1.807, 2.05) is 11.9 Å². The topological polar surface area (TPSA) is 27.3 Å². The molecule has 1 aromatic carbocycles. The molecule has 1 heterocycles. The molecule has 0 aromatic heterocycles. The summed E-state index contributed by atoms with van der Waals surface area (Å²) in [4.78, 5) is 2.61. The number of hydrogen-bond donors (Lipinski definition) is 2. The average molecular weight is 388 g/mol. The van der Waals surface area contributed by atoms with Crippen LogP contribution in [0.15, 0.2) is 35.9 Å². The zero-order valence-corrected chi connectivity index (χ0v) is 18.1. The predicted octanol–water partition coefficient (Wildman–Crippen LogP) is 4.57. The summed E-state index contributed by atoms with van der Waals surface area (Å²) in [7, 11) is 0. The first kappa shape index (κ1) is 20.9. The van der Waals surface area contributed by atoms with Crippen LogP contribution in [0.2, 0.25) is 0 Å². The highest BCUT2D eigenvalue weighted by Gasteiger charge is 2.40. The van der Waals surface area contributed by atoms with Gasteiger partial charge in [-0.25, -0.2) is 0 Å². The standard InChI is InChI=1S/C23H37N3S/c1-4-20(16-19-8-6-5-7-9-19)22-17-23(22)25-21-10-13-26(14-11-21)15-12-24-27-18(2)3/h5-9,16,18,21-25H,4,10-15,17H2,1-3H3/b20-16+/t22-,23+/m1/s1. The van der Waals surface area contributed by atoms with Crippen LogP contribution in [-0.4, -0.2) is 48.4 Å². The van der Waals surface area contributed by atoms with Gasteiger partial charge in [0.05, 0.1) is 0 Å². The second-order valence-electron chi connectivity index (χ2n) is 8.28. The summed E-state index contributed by atoms with van der Waals surface area (Å²) in [6, 6.07) is 12.2. The van der Waals surface area contributed by atoms with Gasteiger partial charge in [-0.15, -0.1) is 0 Å². The van der Waals surface area contributed by atoms with Crippen LogP contribution in [0.4, 0.5) is 0 Å². The molecule has 3 nitrogen and oxygen atoms in total. The molecule has 1 saturated heterocycles. The summed E-state index contributed by atoms with van der Waals surface area (Å²) >= 11 is 1.85. The van der Waals surface area contributed by atoms with Gasteiger partial charge in [-0.3, -0.25) is 4.72 Å². The van der Waals surface area contributed by atoms with Crippen molar-refractivity contribution in [2.45, 2.75) is 63.8 Å². The molecule has 2 N–H and O–H groups in total. The summed E-state index contributed by atoms with van der Waals surface area (Å²) in [6.45, 7) is 11.5. The Kier molecular flexibility index (Phi) is 8.25. The van der Waals surface area contributed by atoms with Crippen LogP contribution in [0.5, 0.6) is 0 Å². The predicted molar refractivity (Wildman–Crippen MR) is 120 cm³/mol. The van der Waals surface area contributed by atoms with Crippen LogP contribution in [0, 0.1) is 5.92 Å². The molecule has 0 radical (unpaired) electrons. The minimum Gasteiger partial charge on any atom is -0.311 e. The van der Waals surface area contributed by atoms with E-state index in [2.05, 4.69) is 72.1 Å². The molecule has 1 aliphatic heterocycles. The van der Waals surface area contributed by atoms with E-state index in [0.29, 0.717) is 17.3 Å². The van der Waals surface area contributed by atoms with Crippen LogP contribution < -0.4 is 10.0 Å². The van der Waals surface area contributed by atoms with Crippen molar-refractivity contribution in [3.05, 3.63) is 41.5 Å². The Morgan fingerprint density at radius 3 is 2.63 bits per heavy atom. The van der Waals surface area contributed by atoms with Gasteiger partial charge in [0.1, 0.15) is 0 Å². The fourth-order valence-corrected chi connectivity index (χ4v) is 4.62. The molecule has 2 aliphatic rings. The fraction of sp³-hybridized carbons (Fsp3) is 0.652. The normalized spacial score (nSPS) is 24.5. The zero-order valence-electron chi connectivity index (χ0n) is 17.3. The fourth-order valence-electron chi connectivity index (χ4n) is 4.08. The van der Waals surface area contributed by atoms with Crippen LogP contribution >= 0.6 is 11.9 Å². The van der Waals surface area contributed by atoms with Gasteiger partial charge in [0.2, 0.25) is 0 Å². The molecule has 0 bridgehead atoms. The van der Waals surface area contributed by atoms with E-state index >= 15 is 0 Å². The Hall–Kier alpha value is -0.810. The third-order valence-electron chi connectivity index (χ3n) is 5.71. The van der Waals surface area contributed by atoms with Crippen molar-refractivity contribution in [2.24, 2.45) is 5.92 Å². The summed E-state index contributed by atoms with van der Waals surface area (Å²) in [5.74, 6) is 0.755.